The molecular weight excluding hydrogens is 486 g/mol. The molecule has 2 N–H and O–H groups in total. The molecule has 5 heteroatoms. The lowest BCUT2D eigenvalue weighted by Gasteiger charge is -2.21. The number of nitrogens with two attached hydrogens (primary N) is 1. The van der Waals surface area contributed by atoms with Crippen LogP contribution in [-0.2, 0) is 0 Å². The van der Waals surface area contributed by atoms with Crippen molar-refractivity contribution in [1.82, 2.24) is 0 Å². The van der Waals surface area contributed by atoms with Gasteiger partial charge in [0.05, 0.1) is 22.4 Å². The Hall–Kier alpha value is -4.19. The number of nitriles is 2. The van der Waals surface area contributed by atoms with Gasteiger partial charge < -0.3 is 5.73 Å². The highest BCUT2D eigenvalue weighted by molar-refractivity contribution is 9.10. The fraction of sp³-hybridized carbons (Fsp3) is 0.0690. The number of hydrogen-bond acceptors (Lipinski definition) is 4. The fourth-order valence-electron chi connectivity index (χ4n) is 4.15. The van der Waals surface area contributed by atoms with Crippen LogP contribution in [-0.4, -0.2) is 5.78 Å². The molecule has 4 aromatic rings. The lowest BCUT2D eigenvalue weighted by atomic mass is 9.80. The van der Waals surface area contributed by atoms with E-state index < -0.39 is 0 Å². The van der Waals surface area contributed by atoms with Crippen LogP contribution in [0.15, 0.2) is 77.3 Å². The van der Waals surface area contributed by atoms with Gasteiger partial charge in [-0.25, -0.2) is 0 Å². The van der Waals surface area contributed by atoms with Gasteiger partial charge in [0, 0.05) is 21.2 Å². The van der Waals surface area contributed by atoms with Crippen LogP contribution in [0, 0.1) is 36.5 Å². The second-order valence-electron chi connectivity index (χ2n) is 8.09. The molecule has 0 spiro atoms. The summed E-state index contributed by atoms with van der Waals surface area (Å²) in [6.07, 6.45) is 0. The Balaban J connectivity index is 2.22. The Bertz CT molecular complexity index is 1520. The second-order valence-corrected chi connectivity index (χ2v) is 9.00. The molecule has 0 bridgehead atoms. The van der Waals surface area contributed by atoms with Crippen molar-refractivity contribution in [1.29, 1.82) is 10.5 Å². The summed E-state index contributed by atoms with van der Waals surface area (Å²) in [5.74, 6) is -0.328. The van der Waals surface area contributed by atoms with Gasteiger partial charge >= 0.3 is 0 Å². The highest BCUT2D eigenvalue weighted by atomic mass is 79.9. The Morgan fingerprint density at radius 2 is 1.32 bits per heavy atom. The molecule has 0 atom stereocenters. The van der Waals surface area contributed by atoms with E-state index in [1.165, 1.54) is 0 Å². The summed E-state index contributed by atoms with van der Waals surface area (Å²) in [5, 5.41) is 20.2. The lowest BCUT2D eigenvalue weighted by Crippen LogP contribution is -2.12. The van der Waals surface area contributed by atoms with E-state index in [0.717, 1.165) is 26.7 Å². The van der Waals surface area contributed by atoms with Gasteiger partial charge in [0.2, 0.25) is 0 Å². The number of halogens is 1. The molecule has 0 fully saturated rings. The number of hydrogen-bond donors (Lipinski definition) is 1. The molecule has 0 aliphatic carbocycles. The Morgan fingerprint density at radius 1 is 0.794 bits per heavy atom. The summed E-state index contributed by atoms with van der Waals surface area (Å²) in [7, 11) is 0. The second kappa shape index (κ2) is 9.35. The topological polar surface area (TPSA) is 90.7 Å². The summed E-state index contributed by atoms with van der Waals surface area (Å²) in [6.45, 7) is 3.92. The summed E-state index contributed by atoms with van der Waals surface area (Å²) in [5.41, 5.74) is 11.8. The smallest absolute Gasteiger partial charge is 0.195 e. The number of nitrogens with zero attached hydrogens (tertiary/aromatic N) is 2. The average molecular weight is 506 g/mol. The predicted octanol–water partition coefficient (Wildman–Crippen LogP) is 6.96. The maximum absolute atomic E-state index is 13.9. The normalized spacial score (nSPS) is 10.4. The van der Waals surface area contributed by atoms with Crippen LogP contribution in [0.3, 0.4) is 0 Å². The maximum atomic E-state index is 13.9. The molecule has 34 heavy (non-hydrogen) atoms. The molecular formula is C29H20BrN3O. The van der Waals surface area contributed by atoms with Crippen LogP contribution >= 0.6 is 15.9 Å². The Kier molecular flexibility index (Phi) is 6.32. The van der Waals surface area contributed by atoms with Crippen molar-refractivity contribution in [3.63, 3.8) is 0 Å². The van der Waals surface area contributed by atoms with E-state index >= 15 is 0 Å². The number of anilines is 1. The number of carbonyl (C=O) groups excluding carboxylic acids is 1. The highest BCUT2D eigenvalue weighted by Gasteiger charge is 2.29. The molecule has 164 valence electrons. The third kappa shape index (κ3) is 4.10. The highest BCUT2D eigenvalue weighted by Crippen LogP contribution is 2.43. The van der Waals surface area contributed by atoms with E-state index in [1.54, 1.807) is 24.3 Å². The summed E-state index contributed by atoms with van der Waals surface area (Å²) < 4.78 is 0.836. The number of ketones is 1. The average Bonchev–Trinajstić information content (AvgIpc) is 2.83. The molecule has 0 amide bonds. The van der Waals surface area contributed by atoms with Crippen molar-refractivity contribution in [3.8, 4) is 34.4 Å². The molecule has 4 nitrogen and oxygen atoms in total. The van der Waals surface area contributed by atoms with Gasteiger partial charge in [0.15, 0.2) is 5.78 Å². The number of nitrogen functional groups attached to an aromatic ring is 1. The van der Waals surface area contributed by atoms with Crippen LogP contribution in [0.5, 0.6) is 0 Å². The third-order valence-electron chi connectivity index (χ3n) is 5.71. The summed E-state index contributed by atoms with van der Waals surface area (Å²) in [6, 6.07) is 26.7. The maximum Gasteiger partial charge on any atom is 0.195 e. The van der Waals surface area contributed by atoms with Crippen molar-refractivity contribution in [2.24, 2.45) is 0 Å². The molecule has 0 aliphatic heterocycles. The van der Waals surface area contributed by atoms with Crippen molar-refractivity contribution in [3.05, 3.63) is 111 Å². The molecule has 0 aliphatic rings. The molecule has 0 saturated heterocycles. The van der Waals surface area contributed by atoms with Gasteiger partial charge in [-0.15, -0.1) is 0 Å². The van der Waals surface area contributed by atoms with Crippen LogP contribution < -0.4 is 5.73 Å². The zero-order chi connectivity index (χ0) is 24.4. The van der Waals surface area contributed by atoms with Gasteiger partial charge in [-0.3, -0.25) is 4.79 Å². The van der Waals surface area contributed by atoms with Crippen LogP contribution in [0.2, 0.25) is 0 Å². The molecule has 0 saturated carbocycles. The fourth-order valence-corrected chi connectivity index (χ4v) is 4.42. The minimum atomic E-state index is -0.328. The molecule has 0 heterocycles. The lowest BCUT2D eigenvalue weighted by molar-refractivity contribution is 0.103. The van der Waals surface area contributed by atoms with E-state index in [0.29, 0.717) is 16.7 Å². The van der Waals surface area contributed by atoms with E-state index in [9.17, 15) is 15.3 Å². The van der Waals surface area contributed by atoms with Crippen molar-refractivity contribution in [2.75, 3.05) is 5.73 Å². The molecule has 0 radical (unpaired) electrons. The zero-order valence-electron chi connectivity index (χ0n) is 18.7. The van der Waals surface area contributed by atoms with E-state index in [2.05, 4.69) is 28.1 Å². The molecule has 4 aromatic carbocycles. The number of aryl methyl sites for hydroxylation is 2. The largest absolute Gasteiger partial charge is 0.397 e. The van der Waals surface area contributed by atoms with Gasteiger partial charge in [0.25, 0.3) is 0 Å². The molecule has 0 aromatic heterocycles. The van der Waals surface area contributed by atoms with Gasteiger partial charge in [0.1, 0.15) is 12.1 Å². The first kappa shape index (κ1) is 23.0. The molecule has 0 unspecified atom stereocenters. The number of carbonyl (C=O) groups is 1. The monoisotopic (exact) mass is 505 g/mol. The van der Waals surface area contributed by atoms with Gasteiger partial charge in [-0.2, -0.15) is 10.5 Å². The van der Waals surface area contributed by atoms with E-state index in [1.807, 2.05) is 62.4 Å². The SMILES string of the molecule is Cc1cccc(-c2c(C#N)c(N)c(C#N)c(C(=O)c3ccc(Br)cc3)c2-c2cccc(C)c2)c1. The van der Waals surface area contributed by atoms with Crippen LogP contribution in [0.1, 0.15) is 38.2 Å². The quantitative estimate of drug-likeness (QED) is 0.239. The molecule has 4 rings (SSSR count). The van der Waals surface area contributed by atoms with Crippen molar-refractivity contribution in [2.45, 2.75) is 13.8 Å². The van der Waals surface area contributed by atoms with E-state index in [4.69, 9.17) is 5.73 Å². The number of rotatable bonds is 4. The third-order valence-corrected chi connectivity index (χ3v) is 6.24. The van der Waals surface area contributed by atoms with Gasteiger partial charge in [-0.1, -0.05) is 75.6 Å². The van der Waals surface area contributed by atoms with Gasteiger partial charge in [-0.05, 0) is 49.2 Å². The zero-order valence-corrected chi connectivity index (χ0v) is 20.3. The number of benzene rings is 4. The predicted molar refractivity (Wildman–Crippen MR) is 138 cm³/mol. The van der Waals surface area contributed by atoms with Crippen molar-refractivity contribution < 1.29 is 4.79 Å². The Morgan fingerprint density at radius 3 is 1.82 bits per heavy atom. The first-order valence-corrected chi connectivity index (χ1v) is 11.4. The van der Waals surface area contributed by atoms with E-state index in [-0.39, 0.29) is 28.2 Å². The van der Waals surface area contributed by atoms with Crippen molar-refractivity contribution >= 4 is 27.4 Å². The first-order chi connectivity index (χ1) is 16.3. The minimum absolute atomic E-state index is 0.0115. The summed E-state index contributed by atoms with van der Waals surface area (Å²) in [4.78, 5) is 13.9. The first-order valence-electron chi connectivity index (χ1n) is 10.6. The Labute approximate surface area is 207 Å². The standard InChI is InChI=1S/C29H20BrN3O/c1-17-5-3-7-20(13-17)25-23(15-31)28(33)24(16-32)27(26(25)21-8-4-6-18(2)14-21)29(34)19-9-11-22(30)12-10-19/h3-14H,33H2,1-2H3. The van der Waals surface area contributed by atoms with Crippen LogP contribution in [0.25, 0.3) is 22.3 Å². The minimum Gasteiger partial charge on any atom is -0.397 e. The summed E-state index contributed by atoms with van der Waals surface area (Å²) >= 11 is 3.40. The van der Waals surface area contributed by atoms with Crippen LogP contribution in [0.4, 0.5) is 5.69 Å².